The molecule has 0 radical (unpaired) electrons. The van der Waals surface area contributed by atoms with Crippen LogP contribution in [0.1, 0.15) is 5.56 Å². The minimum Gasteiger partial charge on any atom is -0.507 e. The minimum atomic E-state index is 0. The lowest BCUT2D eigenvalue weighted by Gasteiger charge is -2.09. The number of rotatable bonds is 4. The molecule has 0 atom stereocenters. The molecule has 3 nitrogen and oxygen atoms in total. The number of hydrogen-bond donors (Lipinski definition) is 1. The molecule has 0 bridgehead atoms. The summed E-state index contributed by atoms with van der Waals surface area (Å²) < 4.78 is 3.23. The van der Waals surface area contributed by atoms with Gasteiger partial charge in [0, 0.05) is 22.9 Å². The first-order valence-corrected chi connectivity index (χ1v) is 7.96. The summed E-state index contributed by atoms with van der Waals surface area (Å²) >= 11 is 1.60. The molecule has 1 N–H and O–H groups in total. The van der Waals surface area contributed by atoms with Crippen molar-refractivity contribution in [2.24, 2.45) is 4.99 Å². The number of phenols is 1. The molecule has 0 saturated heterocycles. The van der Waals surface area contributed by atoms with E-state index in [2.05, 4.69) is 22.7 Å². The molecule has 3 aromatic rings. The van der Waals surface area contributed by atoms with Crippen molar-refractivity contribution in [1.82, 2.24) is 4.57 Å². The van der Waals surface area contributed by atoms with Crippen LogP contribution in [0.4, 0.5) is 0 Å². The number of benzene rings is 2. The number of nitrogens with zero attached hydrogens (tertiary/aromatic N) is 2. The third kappa shape index (κ3) is 2.80. The van der Waals surface area contributed by atoms with Gasteiger partial charge in [0.05, 0.1) is 16.8 Å². The zero-order chi connectivity index (χ0) is 15.7. The number of fused-ring (bicyclic) bond motifs is 3. The zero-order valence-electron chi connectivity index (χ0n) is 13.0. The van der Waals surface area contributed by atoms with Crippen molar-refractivity contribution in [1.29, 1.82) is 0 Å². The van der Waals surface area contributed by atoms with Crippen LogP contribution in [0, 0.1) is 6.92 Å². The number of allylic oxidation sites excluding steroid dienone is 1. The van der Waals surface area contributed by atoms with E-state index in [1.54, 1.807) is 17.4 Å². The lowest BCUT2D eigenvalue weighted by Crippen LogP contribution is -2.14. The fourth-order valence-electron chi connectivity index (χ4n) is 2.70. The fourth-order valence-corrected chi connectivity index (χ4v) is 3.86. The van der Waals surface area contributed by atoms with Crippen LogP contribution in [-0.4, -0.2) is 16.2 Å². The van der Waals surface area contributed by atoms with E-state index in [1.165, 1.54) is 0 Å². The van der Waals surface area contributed by atoms with Gasteiger partial charge in [-0.1, -0.05) is 47.8 Å². The Morgan fingerprint density at radius 1 is 1.22 bits per heavy atom. The van der Waals surface area contributed by atoms with Gasteiger partial charge in [0.15, 0.2) is 4.80 Å². The first-order valence-electron chi connectivity index (χ1n) is 7.15. The highest BCUT2D eigenvalue weighted by atomic mass is 35.5. The Bertz CT molecular complexity index is 953. The molecule has 23 heavy (non-hydrogen) atoms. The molecule has 2 aromatic carbocycles. The molecule has 0 amide bonds. The Morgan fingerprint density at radius 3 is 2.57 bits per heavy atom. The van der Waals surface area contributed by atoms with Gasteiger partial charge >= 0.3 is 0 Å². The molecule has 0 saturated carbocycles. The molecule has 0 aliphatic carbocycles. The largest absolute Gasteiger partial charge is 0.507 e. The maximum Gasteiger partial charge on any atom is 0.186 e. The highest BCUT2D eigenvalue weighted by Gasteiger charge is 2.15. The van der Waals surface area contributed by atoms with Crippen molar-refractivity contribution in [2.45, 2.75) is 13.5 Å². The maximum absolute atomic E-state index is 10.5. The maximum atomic E-state index is 10.5. The first kappa shape index (κ1) is 17.3. The Labute approximate surface area is 145 Å². The van der Waals surface area contributed by atoms with Gasteiger partial charge in [-0.05, 0) is 6.92 Å². The van der Waals surface area contributed by atoms with Crippen LogP contribution in [-0.2, 0) is 6.54 Å². The smallest absolute Gasteiger partial charge is 0.186 e. The van der Waals surface area contributed by atoms with Gasteiger partial charge in [-0.25, -0.2) is 0 Å². The molecule has 1 heterocycles. The Hall–Kier alpha value is -2.04. The van der Waals surface area contributed by atoms with E-state index in [9.17, 15) is 5.11 Å². The summed E-state index contributed by atoms with van der Waals surface area (Å²) in [5, 5.41) is 12.4. The number of aromatic hydroxyl groups is 1. The number of aromatic nitrogens is 1. The number of phenolic OH excluding ortho intramolecular Hbond substituents is 1. The van der Waals surface area contributed by atoms with Gasteiger partial charge in [-0.2, -0.15) is 0 Å². The normalized spacial score (nSPS) is 11.6. The van der Waals surface area contributed by atoms with Crippen molar-refractivity contribution >= 4 is 44.7 Å². The molecule has 0 fully saturated rings. The van der Waals surface area contributed by atoms with Crippen molar-refractivity contribution in [2.75, 3.05) is 6.54 Å². The van der Waals surface area contributed by atoms with Gasteiger partial charge in [-0.3, -0.25) is 4.99 Å². The van der Waals surface area contributed by atoms with Crippen LogP contribution in [0.5, 0.6) is 5.75 Å². The first-order chi connectivity index (χ1) is 10.7. The Balaban J connectivity index is 0.00000192. The molecule has 0 spiro atoms. The van der Waals surface area contributed by atoms with Crippen molar-refractivity contribution < 1.29 is 5.11 Å². The third-order valence-electron chi connectivity index (χ3n) is 3.71. The number of aryl methyl sites for hydroxylation is 1. The van der Waals surface area contributed by atoms with Crippen LogP contribution >= 0.6 is 23.7 Å². The monoisotopic (exact) mass is 346 g/mol. The second kappa shape index (κ2) is 7.02. The molecule has 5 heteroatoms. The summed E-state index contributed by atoms with van der Waals surface area (Å²) in [5.41, 5.74) is 2.01. The summed E-state index contributed by atoms with van der Waals surface area (Å²) in [4.78, 5) is 5.52. The summed E-state index contributed by atoms with van der Waals surface area (Å²) in [6.07, 6.45) is 3.65. The number of thiazole rings is 1. The summed E-state index contributed by atoms with van der Waals surface area (Å²) in [6.45, 7) is 10.8. The van der Waals surface area contributed by atoms with Gasteiger partial charge in [0.1, 0.15) is 5.75 Å². The van der Waals surface area contributed by atoms with E-state index < -0.39 is 0 Å². The minimum absolute atomic E-state index is 0. The van der Waals surface area contributed by atoms with E-state index in [0.717, 1.165) is 31.4 Å². The lowest BCUT2D eigenvalue weighted by atomic mass is 10.0. The number of halogens is 1. The highest BCUT2D eigenvalue weighted by Crippen LogP contribution is 2.37. The van der Waals surface area contributed by atoms with Crippen LogP contribution in [0.2, 0.25) is 0 Å². The molecular weight excluding hydrogens is 328 g/mol. The van der Waals surface area contributed by atoms with Gasteiger partial charge in [0.25, 0.3) is 0 Å². The Morgan fingerprint density at radius 2 is 1.91 bits per heavy atom. The van der Waals surface area contributed by atoms with Crippen molar-refractivity contribution in [3.8, 4) is 5.75 Å². The summed E-state index contributed by atoms with van der Waals surface area (Å²) in [5.74, 6) is 0.352. The Kier molecular flexibility index (Phi) is 5.29. The van der Waals surface area contributed by atoms with E-state index in [0.29, 0.717) is 18.8 Å². The van der Waals surface area contributed by atoms with Crippen LogP contribution < -0.4 is 4.80 Å². The highest BCUT2D eigenvalue weighted by molar-refractivity contribution is 7.16. The second-order valence-electron chi connectivity index (χ2n) is 5.11. The summed E-state index contributed by atoms with van der Waals surface area (Å²) in [7, 11) is 0. The van der Waals surface area contributed by atoms with Crippen molar-refractivity contribution in [3.63, 3.8) is 0 Å². The van der Waals surface area contributed by atoms with Gasteiger partial charge in [-0.15, -0.1) is 25.6 Å². The third-order valence-corrected chi connectivity index (χ3v) is 4.95. The van der Waals surface area contributed by atoms with Gasteiger partial charge < -0.3 is 9.67 Å². The van der Waals surface area contributed by atoms with Crippen LogP contribution in [0.25, 0.3) is 21.0 Å². The average molecular weight is 347 g/mol. The molecule has 0 aliphatic rings. The molecular formula is C18H19ClN2OS. The van der Waals surface area contributed by atoms with Crippen LogP contribution in [0.15, 0.2) is 54.6 Å². The van der Waals surface area contributed by atoms with Crippen molar-refractivity contribution in [3.05, 3.63) is 59.9 Å². The van der Waals surface area contributed by atoms with Gasteiger partial charge in [0.2, 0.25) is 0 Å². The molecule has 1 aromatic heterocycles. The second-order valence-corrected chi connectivity index (χ2v) is 6.09. The molecule has 0 aliphatic heterocycles. The predicted octanol–water partition coefficient (Wildman–Crippen LogP) is 4.56. The standard InChI is InChI=1S/C18H18N2OS.ClH/c1-4-10-19-18-20(11-5-2)15-13-8-6-7-9-14(13)16(21)12(3)17(15)22-18;/h4-9,21H,1-2,10-11H2,3H3;1H/b19-18-;. The van der Waals surface area contributed by atoms with E-state index in [-0.39, 0.29) is 12.4 Å². The molecule has 120 valence electrons. The van der Waals surface area contributed by atoms with E-state index in [1.807, 2.05) is 37.3 Å². The SMILES string of the molecule is C=CC/N=c1\sc2c(C)c(O)c3ccccc3c2n1CC=C.Cl. The average Bonchev–Trinajstić information content (AvgIpc) is 2.90. The van der Waals surface area contributed by atoms with E-state index >= 15 is 0 Å². The number of hydrogen-bond acceptors (Lipinski definition) is 3. The predicted molar refractivity (Wildman–Crippen MR) is 102 cm³/mol. The topological polar surface area (TPSA) is 37.5 Å². The fraction of sp³-hybridized carbons (Fsp3) is 0.167. The molecule has 0 unspecified atom stereocenters. The zero-order valence-corrected chi connectivity index (χ0v) is 14.6. The molecule has 3 rings (SSSR count). The van der Waals surface area contributed by atoms with E-state index in [4.69, 9.17) is 0 Å². The lowest BCUT2D eigenvalue weighted by molar-refractivity contribution is 0.478. The summed E-state index contributed by atoms with van der Waals surface area (Å²) in [6, 6.07) is 7.93. The van der Waals surface area contributed by atoms with Crippen LogP contribution in [0.3, 0.4) is 0 Å². The quantitative estimate of drug-likeness (QED) is 0.690.